The number of thiophene rings is 1. The van der Waals surface area contributed by atoms with Gasteiger partial charge in [0.05, 0.1) is 5.57 Å². The Morgan fingerprint density at radius 3 is 2.46 bits per heavy atom. The van der Waals surface area contributed by atoms with Crippen LogP contribution in [0.1, 0.15) is 16.8 Å². The first-order chi connectivity index (χ1) is 11.5. The van der Waals surface area contributed by atoms with Crippen LogP contribution in [0.3, 0.4) is 0 Å². The Hall–Kier alpha value is -2.57. The summed E-state index contributed by atoms with van der Waals surface area (Å²) in [5.74, 6) is -1.77. The first kappa shape index (κ1) is 16.3. The summed E-state index contributed by atoms with van der Waals surface area (Å²) in [5.41, 5.74) is 1.35. The molecule has 0 unspecified atom stereocenters. The lowest BCUT2D eigenvalue weighted by molar-refractivity contribution is -0.112. The molecule has 0 saturated heterocycles. The number of halogens is 1. The fraction of sp³-hybridized carbons (Fsp3) is 0.0588. The van der Waals surface area contributed by atoms with Crippen molar-refractivity contribution in [2.45, 2.75) is 6.42 Å². The number of hydrogen-bond donors (Lipinski definition) is 3. The largest absolute Gasteiger partial charge is 0.507 e. The van der Waals surface area contributed by atoms with Crippen molar-refractivity contribution in [3.8, 4) is 11.1 Å². The van der Waals surface area contributed by atoms with Crippen molar-refractivity contribution in [2.24, 2.45) is 0 Å². The van der Waals surface area contributed by atoms with E-state index in [1.807, 2.05) is 0 Å². The quantitative estimate of drug-likeness (QED) is 0.749. The van der Waals surface area contributed by atoms with Crippen LogP contribution in [0.15, 0.2) is 53.1 Å². The van der Waals surface area contributed by atoms with Gasteiger partial charge in [0.2, 0.25) is 0 Å². The molecule has 5 nitrogen and oxygen atoms in total. The molecule has 0 aliphatic heterocycles. The fourth-order valence-corrected chi connectivity index (χ4v) is 3.47. The van der Waals surface area contributed by atoms with Gasteiger partial charge in [0.25, 0.3) is 5.91 Å². The predicted molar refractivity (Wildman–Crippen MR) is 93.8 cm³/mol. The van der Waals surface area contributed by atoms with E-state index in [1.165, 1.54) is 6.08 Å². The standard InChI is InChI=1S/C17H12ClNO4S/c18-10-6-4-9(5-7-10)12-8-24-16(14(12)17(22)23)19-15(21)11-2-1-3-13(11)20/h2-8,20H,1H2,(H,19,21)(H,22,23). The van der Waals surface area contributed by atoms with Crippen LogP contribution in [-0.2, 0) is 4.79 Å². The van der Waals surface area contributed by atoms with Gasteiger partial charge in [0.15, 0.2) is 0 Å². The zero-order valence-electron chi connectivity index (χ0n) is 12.2. The molecule has 0 bridgehead atoms. The number of anilines is 1. The van der Waals surface area contributed by atoms with Crippen molar-refractivity contribution >= 4 is 39.8 Å². The maximum Gasteiger partial charge on any atom is 0.339 e. The molecule has 0 spiro atoms. The number of amides is 1. The van der Waals surface area contributed by atoms with Crippen LogP contribution in [0.5, 0.6) is 0 Å². The Bertz CT molecular complexity index is 880. The molecule has 1 aliphatic carbocycles. The first-order valence-electron chi connectivity index (χ1n) is 6.99. The Balaban J connectivity index is 1.95. The highest BCUT2D eigenvalue weighted by molar-refractivity contribution is 7.15. The van der Waals surface area contributed by atoms with Crippen molar-refractivity contribution < 1.29 is 19.8 Å². The summed E-state index contributed by atoms with van der Waals surface area (Å²) < 4.78 is 0. The van der Waals surface area contributed by atoms with E-state index in [9.17, 15) is 19.8 Å². The minimum atomic E-state index is -1.14. The highest BCUT2D eigenvalue weighted by Gasteiger charge is 2.23. The first-order valence-corrected chi connectivity index (χ1v) is 8.25. The summed E-state index contributed by atoms with van der Waals surface area (Å²) in [5, 5.41) is 24.2. The van der Waals surface area contributed by atoms with Crippen LogP contribution in [0, 0.1) is 0 Å². The van der Waals surface area contributed by atoms with E-state index in [0.29, 0.717) is 22.6 Å². The van der Waals surface area contributed by atoms with E-state index in [-0.39, 0.29) is 21.9 Å². The molecule has 1 aromatic carbocycles. The zero-order valence-corrected chi connectivity index (χ0v) is 13.8. The maximum atomic E-state index is 12.2. The van der Waals surface area contributed by atoms with Gasteiger partial charge in [-0.15, -0.1) is 11.3 Å². The predicted octanol–water partition coefficient (Wildman–Crippen LogP) is 4.48. The second-order valence-electron chi connectivity index (χ2n) is 5.06. The van der Waals surface area contributed by atoms with Gasteiger partial charge in [-0.1, -0.05) is 29.8 Å². The lowest BCUT2D eigenvalue weighted by atomic mass is 10.0. The minimum Gasteiger partial charge on any atom is -0.507 e. The van der Waals surface area contributed by atoms with Crippen LogP contribution in [0.4, 0.5) is 5.00 Å². The Labute approximate surface area is 146 Å². The molecule has 3 N–H and O–H groups in total. The number of allylic oxidation sites excluding steroid dienone is 2. The molecule has 122 valence electrons. The van der Waals surface area contributed by atoms with Crippen molar-refractivity contribution in [3.63, 3.8) is 0 Å². The minimum absolute atomic E-state index is 0.0118. The molecule has 0 fully saturated rings. The molecular weight excluding hydrogens is 350 g/mol. The number of hydrogen-bond acceptors (Lipinski definition) is 4. The van der Waals surface area contributed by atoms with Gasteiger partial charge in [-0.2, -0.15) is 0 Å². The molecule has 7 heteroatoms. The number of rotatable bonds is 4. The van der Waals surface area contributed by atoms with Crippen LogP contribution < -0.4 is 5.32 Å². The molecule has 1 amide bonds. The van der Waals surface area contributed by atoms with Gasteiger partial charge in [-0.05, 0) is 30.2 Å². The van der Waals surface area contributed by atoms with Gasteiger partial charge in [0, 0.05) is 16.0 Å². The van der Waals surface area contributed by atoms with Crippen LogP contribution in [0.25, 0.3) is 11.1 Å². The van der Waals surface area contributed by atoms with Crippen LogP contribution >= 0.6 is 22.9 Å². The summed E-state index contributed by atoms with van der Waals surface area (Å²) in [7, 11) is 0. The van der Waals surface area contributed by atoms with E-state index < -0.39 is 11.9 Å². The van der Waals surface area contributed by atoms with Gasteiger partial charge in [-0.3, -0.25) is 4.79 Å². The van der Waals surface area contributed by atoms with E-state index >= 15 is 0 Å². The van der Waals surface area contributed by atoms with Crippen LogP contribution in [0.2, 0.25) is 5.02 Å². The topological polar surface area (TPSA) is 86.6 Å². The molecule has 1 aliphatic rings. The number of aromatic carboxylic acids is 1. The number of carboxylic acids is 1. The van der Waals surface area contributed by atoms with Crippen molar-refractivity contribution in [3.05, 3.63) is 63.7 Å². The smallest absolute Gasteiger partial charge is 0.339 e. The number of aliphatic hydroxyl groups excluding tert-OH is 1. The summed E-state index contributed by atoms with van der Waals surface area (Å²) in [6, 6.07) is 6.78. The second-order valence-corrected chi connectivity index (χ2v) is 6.38. The van der Waals surface area contributed by atoms with Crippen molar-refractivity contribution in [2.75, 3.05) is 5.32 Å². The second kappa shape index (κ2) is 6.51. The third-order valence-corrected chi connectivity index (χ3v) is 4.69. The summed E-state index contributed by atoms with van der Waals surface area (Å²) in [4.78, 5) is 23.9. The number of carbonyl (C=O) groups excluding carboxylic acids is 1. The Morgan fingerprint density at radius 1 is 1.17 bits per heavy atom. The lowest BCUT2D eigenvalue weighted by Crippen LogP contribution is -2.16. The van der Waals surface area contributed by atoms with Gasteiger partial charge in [0.1, 0.15) is 16.3 Å². The van der Waals surface area contributed by atoms with Crippen molar-refractivity contribution in [1.82, 2.24) is 0 Å². The monoisotopic (exact) mass is 361 g/mol. The molecule has 0 radical (unpaired) electrons. The third kappa shape index (κ3) is 3.06. The van der Waals surface area contributed by atoms with Gasteiger partial charge in [-0.25, -0.2) is 4.79 Å². The number of carbonyl (C=O) groups is 2. The molecule has 1 heterocycles. The van der Waals surface area contributed by atoms with E-state index in [1.54, 1.807) is 35.7 Å². The summed E-state index contributed by atoms with van der Waals surface area (Å²) in [6.45, 7) is 0. The molecule has 24 heavy (non-hydrogen) atoms. The average Bonchev–Trinajstić information content (AvgIpc) is 3.14. The average molecular weight is 362 g/mol. The van der Waals surface area contributed by atoms with E-state index in [0.717, 1.165) is 11.3 Å². The zero-order chi connectivity index (χ0) is 17.3. The Morgan fingerprint density at radius 2 is 1.88 bits per heavy atom. The Kier molecular flexibility index (Phi) is 4.42. The fourth-order valence-electron chi connectivity index (χ4n) is 2.39. The maximum absolute atomic E-state index is 12.2. The summed E-state index contributed by atoms with van der Waals surface area (Å²) >= 11 is 6.97. The molecule has 0 saturated carbocycles. The van der Waals surface area contributed by atoms with Gasteiger partial charge < -0.3 is 15.5 Å². The molecular formula is C17H12ClNO4S. The third-order valence-electron chi connectivity index (χ3n) is 3.54. The molecule has 3 rings (SSSR count). The summed E-state index contributed by atoms with van der Waals surface area (Å²) in [6.07, 6.45) is 3.57. The number of aliphatic hydroxyl groups is 1. The SMILES string of the molecule is O=C(Nc1scc(-c2ccc(Cl)cc2)c1C(=O)O)C1=CCC=C1O. The normalized spacial score (nSPS) is 13.4. The number of carboxylic acid groups (broad SMARTS) is 1. The molecule has 2 aromatic rings. The van der Waals surface area contributed by atoms with Crippen molar-refractivity contribution in [1.29, 1.82) is 0 Å². The number of nitrogens with one attached hydrogen (secondary N) is 1. The molecule has 0 atom stereocenters. The lowest BCUT2D eigenvalue weighted by Gasteiger charge is -2.07. The van der Waals surface area contributed by atoms with Gasteiger partial charge >= 0.3 is 5.97 Å². The van der Waals surface area contributed by atoms with E-state index in [4.69, 9.17) is 11.6 Å². The van der Waals surface area contributed by atoms with Crippen LogP contribution in [-0.4, -0.2) is 22.1 Å². The molecule has 1 aromatic heterocycles. The highest BCUT2D eigenvalue weighted by Crippen LogP contribution is 2.36. The highest BCUT2D eigenvalue weighted by atomic mass is 35.5. The van der Waals surface area contributed by atoms with E-state index in [2.05, 4.69) is 5.32 Å². The number of benzene rings is 1.